The molecule has 0 fully saturated rings. The summed E-state index contributed by atoms with van der Waals surface area (Å²) in [4.78, 5) is 22.4. The second-order valence-corrected chi connectivity index (χ2v) is 4.94. The van der Waals surface area contributed by atoms with Crippen LogP contribution in [-0.4, -0.2) is 34.7 Å². The number of aliphatic carboxylic acids is 1. The van der Waals surface area contributed by atoms with E-state index in [1.54, 1.807) is 6.92 Å². The minimum absolute atomic E-state index is 0.133. The van der Waals surface area contributed by atoms with Crippen molar-refractivity contribution in [2.24, 2.45) is 0 Å². The van der Waals surface area contributed by atoms with E-state index in [-0.39, 0.29) is 6.61 Å². The van der Waals surface area contributed by atoms with Gasteiger partial charge in [-0.05, 0) is 34.1 Å². The maximum Gasteiger partial charge on any atom is 0.329 e. The Kier molecular flexibility index (Phi) is 4.93. The van der Waals surface area contributed by atoms with E-state index < -0.39 is 23.0 Å². The summed E-state index contributed by atoms with van der Waals surface area (Å²) in [6.07, 6.45) is 0.323. The Bertz CT molecular complexity index is 270. The molecule has 0 spiro atoms. The molecule has 0 aliphatic rings. The molecule has 0 saturated carbocycles. The highest BCUT2D eigenvalue weighted by Crippen LogP contribution is 2.10. The topological polar surface area (TPSA) is 75.6 Å². The first-order chi connectivity index (χ1) is 7.10. The van der Waals surface area contributed by atoms with Crippen LogP contribution in [0.5, 0.6) is 0 Å². The van der Waals surface area contributed by atoms with Gasteiger partial charge in [-0.1, -0.05) is 6.92 Å². The van der Waals surface area contributed by atoms with Crippen molar-refractivity contribution in [3.8, 4) is 0 Å². The van der Waals surface area contributed by atoms with Gasteiger partial charge in [-0.3, -0.25) is 4.79 Å². The van der Waals surface area contributed by atoms with E-state index in [2.05, 4.69) is 5.32 Å². The molecular weight excluding hydrogens is 210 g/mol. The molecule has 0 aromatic heterocycles. The number of amides is 1. The maximum absolute atomic E-state index is 11.5. The number of rotatable bonds is 5. The average Bonchev–Trinajstić information content (AvgIpc) is 2.13. The lowest BCUT2D eigenvalue weighted by Gasteiger charge is -2.26. The molecule has 94 valence electrons. The van der Waals surface area contributed by atoms with Gasteiger partial charge in [0.05, 0.1) is 5.60 Å². The monoisotopic (exact) mass is 231 g/mol. The van der Waals surface area contributed by atoms with Gasteiger partial charge in [0.15, 0.2) is 0 Å². The predicted octanol–water partition coefficient (Wildman–Crippen LogP) is 1.17. The molecule has 2 N–H and O–H groups in total. The van der Waals surface area contributed by atoms with E-state index in [1.807, 2.05) is 20.8 Å². The molecule has 0 saturated heterocycles. The highest BCUT2D eigenvalue weighted by Gasteiger charge is 2.32. The molecule has 1 amide bonds. The Morgan fingerprint density at radius 1 is 1.25 bits per heavy atom. The van der Waals surface area contributed by atoms with Crippen molar-refractivity contribution < 1.29 is 19.4 Å². The van der Waals surface area contributed by atoms with Crippen LogP contribution in [0.2, 0.25) is 0 Å². The Balaban J connectivity index is 4.28. The van der Waals surface area contributed by atoms with Gasteiger partial charge in [0.2, 0.25) is 5.91 Å². The molecule has 5 heteroatoms. The fourth-order valence-electron chi connectivity index (χ4n) is 0.919. The summed E-state index contributed by atoms with van der Waals surface area (Å²) in [5.74, 6) is -1.46. The number of ether oxygens (including phenoxy) is 1. The van der Waals surface area contributed by atoms with Crippen LogP contribution >= 0.6 is 0 Å². The SMILES string of the molecule is CCC(C)(NC(=O)COC(C)(C)C)C(=O)O. The summed E-state index contributed by atoms with van der Waals surface area (Å²) in [5.41, 5.74) is -1.64. The van der Waals surface area contributed by atoms with Gasteiger partial charge >= 0.3 is 5.97 Å². The quantitative estimate of drug-likeness (QED) is 0.744. The summed E-state index contributed by atoms with van der Waals surface area (Å²) >= 11 is 0. The predicted molar refractivity (Wildman–Crippen MR) is 60.2 cm³/mol. The second kappa shape index (κ2) is 5.30. The molecular formula is C11H21NO4. The van der Waals surface area contributed by atoms with Crippen molar-refractivity contribution in [3.63, 3.8) is 0 Å². The van der Waals surface area contributed by atoms with E-state index in [0.717, 1.165) is 0 Å². The minimum atomic E-state index is -1.22. The normalized spacial score (nSPS) is 15.3. The van der Waals surface area contributed by atoms with Crippen LogP contribution in [0.25, 0.3) is 0 Å². The van der Waals surface area contributed by atoms with Gasteiger partial charge in [0.25, 0.3) is 0 Å². The highest BCUT2D eigenvalue weighted by atomic mass is 16.5. The lowest BCUT2D eigenvalue weighted by Crippen LogP contribution is -2.53. The Labute approximate surface area is 96.2 Å². The van der Waals surface area contributed by atoms with Crippen molar-refractivity contribution in [3.05, 3.63) is 0 Å². The molecule has 0 rings (SSSR count). The first-order valence-corrected chi connectivity index (χ1v) is 5.29. The molecule has 0 aliphatic carbocycles. The molecule has 1 unspecified atom stereocenters. The van der Waals surface area contributed by atoms with Gasteiger partial charge in [-0.15, -0.1) is 0 Å². The van der Waals surface area contributed by atoms with Crippen molar-refractivity contribution in [2.45, 2.75) is 52.2 Å². The zero-order valence-electron chi connectivity index (χ0n) is 10.6. The summed E-state index contributed by atoms with van der Waals surface area (Å²) in [7, 11) is 0. The largest absolute Gasteiger partial charge is 0.480 e. The summed E-state index contributed by atoms with van der Waals surface area (Å²) < 4.78 is 5.26. The lowest BCUT2D eigenvalue weighted by atomic mass is 9.99. The number of nitrogens with one attached hydrogen (secondary N) is 1. The zero-order valence-corrected chi connectivity index (χ0v) is 10.6. The van der Waals surface area contributed by atoms with Gasteiger partial charge in [-0.2, -0.15) is 0 Å². The van der Waals surface area contributed by atoms with Crippen molar-refractivity contribution in [1.29, 1.82) is 0 Å². The fraction of sp³-hybridized carbons (Fsp3) is 0.818. The molecule has 0 aromatic carbocycles. The van der Waals surface area contributed by atoms with Gasteiger partial charge in [-0.25, -0.2) is 4.79 Å². The van der Waals surface area contributed by atoms with Crippen LogP contribution < -0.4 is 5.32 Å². The standard InChI is InChI=1S/C11H21NO4/c1-6-11(5,9(14)15)12-8(13)7-16-10(2,3)4/h6-7H2,1-5H3,(H,12,13)(H,14,15). The Hall–Kier alpha value is -1.10. The number of carboxylic acid groups (broad SMARTS) is 1. The summed E-state index contributed by atoms with van der Waals surface area (Å²) in [6.45, 7) is 8.54. The Morgan fingerprint density at radius 2 is 1.75 bits per heavy atom. The smallest absolute Gasteiger partial charge is 0.329 e. The minimum Gasteiger partial charge on any atom is -0.480 e. The van der Waals surface area contributed by atoms with Crippen molar-refractivity contribution in [2.75, 3.05) is 6.61 Å². The average molecular weight is 231 g/mol. The molecule has 0 radical (unpaired) electrons. The maximum atomic E-state index is 11.5. The van der Waals surface area contributed by atoms with Crippen LogP contribution in [0.1, 0.15) is 41.0 Å². The van der Waals surface area contributed by atoms with Crippen LogP contribution in [0.4, 0.5) is 0 Å². The third-order valence-electron chi connectivity index (χ3n) is 2.23. The zero-order chi connectivity index (χ0) is 13.0. The van der Waals surface area contributed by atoms with Gasteiger partial charge in [0.1, 0.15) is 12.1 Å². The fourth-order valence-corrected chi connectivity index (χ4v) is 0.919. The second-order valence-electron chi connectivity index (χ2n) is 4.94. The summed E-state index contributed by atoms with van der Waals surface area (Å²) in [5, 5.41) is 11.4. The van der Waals surface area contributed by atoms with E-state index in [9.17, 15) is 9.59 Å². The molecule has 16 heavy (non-hydrogen) atoms. The highest BCUT2D eigenvalue weighted by molar-refractivity contribution is 5.87. The first kappa shape index (κ1) is 14.9. The third-order valence-corrected chi connectivity index (χ3v) is 2.23. The van der Waals surface area contributed by atoms with Crippen LogP contribution in [0.3, 0.4) is 0 Å². The van der Waals surface area contributed by atoms with E-state index in [0.29, 0.717) is 6.42 Å². The number of carboxylic acids is 1. The van der Waals surface area contributed by atoms with E-state index >= 15 is 0 Å². The first-order valence-electron chi connectivity index (χ1n) is 5.29. The van der Waals surface area contributed by atoms with Crippen molar-refractivity contribution in [1.82, 2.24) is 5.32 Å². The van der Waals surface area contributed by atoms with Crippen LogP contribution in [0, 0.1) is 0 Å². The number of hydrogen-bond acceptors (Lipinski definition) is 3. The van der Waals surface area contributed by atoms with Crippen LogP contribution in [-0.2, 0) is 14.3 Å². The Morgan fingerprint density at radius 3 is 2.06 bits per heavy atom. The van der Waals surface area contributed by atoms with Gasteiger partial charge < -0.3 is 15.2 Å². The number of carbonyl (C=O) groups is 2. The molecule has 0 aliphatic heterocycles. The summed E-state index contributed by atoms with van der Waals surface area (Å²) in [6, 6.07) is 0. The van der Waals surface area contributed by atoms with E-state index in [4.69, 9.17) is 9.84 Å². The van der Waals surface area contributed by atoms with Crippen LogP contribution in [0.15, 0.2) is 0 Å². The van der Waals surface area contributed by atoms with E-state index in [1.165, 1.54) is 6.92 Å². The molecule has 0 heterocycles. The molecule has 1 atom stereocenters. The van der Waals surface area contributed by atoms with Crippen molar-refractivity contribution >= 4 is 11.9 Å². The lowest BCUT2D eigenvalue weighted by molar-refractivity contribution is -0.148. The number of carbonyl (C=O) groups excluding carboxylic acids is 1. The van der Waals surface area contributed by atoms with Gasteiger partial charge in [0, 0.05) is 0 Å². The molecule has 5 nitrogen and oxygen atoms in total. The number of hydrogen-bond donors (Lipinski definition) is 2. The molecule has 0 aromatic rings. The third kappa shape index (κ3) is 5.11. The molecule has 0 bridgehead atoms.